The van der Waals surface area contributed by atoms with E-state index < -0.39 is 11.9 Å². The molecule has 0 aliphatic carbocycles. The molecule has 0 spiro atoms. The van der Waals surface area contributed by atoms with Crippen LogP contribution < -0.4 is 5.32 Å². The average Bonchev–Trinajstić information content (AvgIpc) is 2.16. The minimum atomic E-state index is -4.36. The second-order valence-corrected chi connectivity index (χ2v) is 3.87. The third kappa shape index (κ3) is 4.18. The maximum atomic E-state index is 12.3. The van der Waals surface area contributed by atoms with E-state index in [0.29, 0.717) is 24.7 Å². The molecule has 1 aromatic heterocycles. The third-order valence-electron chi connectivity index (χ3n) is 2.03. The van der Waals surface area contributed by atoms with Gasteiger partial charge in [-0.15, -0.1) is 0 Å². The fraction of sp³-hybridized carbons (Fsp3) is 0.545. The molecule has 0 amide bonds. The predicted molar refractivity (Wildman–Crippen MR) is 56.1 cm³/mol. The summed E-state index contributed by atoms with van der Waals surface area (Å²) < 4.78 is 37.0. The lowest BCUT2D eigenvalue weighted by Crippen LogP contribution is -2.25. The van der Waals surface area contributed by atoms with Crippen molar-refractivity contribution in [3.8, 4) is 0 Å². The van der Waals surface area contributed by atoms with Crippen molar-refractivity contribution in [3.63, 3.8) is 0 Å². The van der Waals surface area contributed by atoms with Crippen LogP contribution in [0.2, 0.25) is 0 Å². The Labute approximate surface area is 92.9 Å². The molecular formula is C11H15F3N2. The van der Waals surface area contributed by atoms with Crippen LogP contribution in [-0.4, -0.2) is 17.6 Å². The van der Waals surface area contributed by atoms with Crippen molar-refractivity contribution in [2.75, 3.05) is 6.54 Å². The van der Waals surface area contributed by atoms with Crippen molar-refractivity contribution >= 4 is 0 Å². The average molecular weight is 232 g/mol. The molecule has 90 valence electrons. The molecule has 1 N–H and O–H groups in total. The maximum Gasteiger partial charge on any atom is 0.433 e. The van der Waals surface area contributed by atoms with Gasteiger partial charge in [-0.3, -0.25) is 0 Å². The molecule has 0 atom stereocenters. The molecule has 0 fully saturated rings. The number of hydrogen-bond donors (Lipinski definition) is 1. The molecule has 0 saturated heterocycles. The Balaban J connectivity index is 2.61. The van der Waals surface area contributed by atoms with Gasteiger partial charge in [-0.25, -0.2) is 4.98 Å². The molecule has 5 heteroatoms. The third-order valence-corrected chi connectivity index (χ3v) is 2.03. The van der Waals surface area contributed by atoms with E-state index in [0.717, 1.165) is 6.07 Å². The second-order valence-electron chi connectivity index (χ2n) is 3.87. The predicted octanol–water partition coefficient (Wildman–Crippen LogP) is 2.64. The fourth-order valence-corrected chi connectivity index (χ4v) is 1.27. The molecular weight excluding hydrogens is 217 g/mol. The van der Waals surface area contributed by atoms with Gasteiger partial charge in [0.15, 0.2) is 0 Å². The molecule has 0 saturated carbocycles. The first-order chi connectivity index (χ1) is 7.39. The summed E-state index contributed by atoms with van der Waals surface area (Å²) in [7, 11) is 0. The highest BCUT2D eigenvalue weighted by Crippen LogP contribution is 2.27. The number of hydrogen-bond acceptors (Lipinski definition) is 2. The largest absolute Gasteiger partial charge is 0.433 e. The van der Waals surface area contributed by atoms with Gasteiger partial charge in [0.2, 0.25) is 0 Å². The van der Waals surface area contributed by atoms with Crippen LogP contribution in [0.1, 0.15) is 25.2 Å². The van der Waals surface area contributed by atoms with Crippen LogP contribution >= 0.6 is 0 Å². The molecule has 0 aromatic carbocycles. The van der Waals surface area contributed by atoms with Crippen molar-refractivity contribution in [2.45, 2.75) is 32.5 Å². The smallest absolute Gasteiger partial charge is 0.314 e. The zero-order chi connectivity index (χ0) is 12.2. The lowest BCUT2D eigenvalue weighted by Gasteiger charge is -2.09. The Morgan fingerprint density at radius 1 is 1.31 bits per heavy atom. The highest BCUT2D eigenvalue weighted by Gasteiger charge is 2.32. The highest BCUT2D eigenvalue weighted by atomic mass is 19.4. The Hall–Kier alpha value is -1.10. The topological polar surface area (TPSA) is 24.9 Å². The van der Waals surface area contributed by atoms with Crippen LogP contribution in [0.3, 0.4) is 0 Å². The van der Waals surface area contributed by atoms with E-state index in [1.165, 1.54) is 6.07 Å². The van der Waals surface area contributed by atoms with Gasteiger partial charge in [0, 0.05) is 24.7 Å². The summed E-state index contributed by atoms with van der Waals surface area (Å²) in [4.78, 5) is 3.58. The summed E-state index contributed by atoms with van der Waals surface area (Å²) in [5, 5.41) is 3.13. The number of nitrogens with zero attached hydrogens (tertiary/aromatic N) is 1. The number of nitrogens with one attached hydrogen (secondary N) is 1. The number of aromatic nitrogens is 1. The molecule has 1 aromatic rings. The Morgan fingerprint density at radius 3 is 2.56 bits per heavy atom. The molecule has 1 rings (SSSR count). The lowest BCUT2D eigenvalue weighted by molar-refractivity contribution is -0.141. The number of halogens is 3. The second kappa shape index (κ2) is 5.30. The van der Waals surface area contributed by atoms with E-state index in [2.05, 4.69) is 10.3 Å². The molecule has 0 unspecified atom stereocenters. The van der Waals surface area contributed by atoms with E-state index >= 15 is 0 Å². The van der Waals surface area contributed by atoms with Gasteiger partial charge in [0.05, 0.1) is 0 Å². The summed E-state index contributed by atoms with van der Waals surface area (Å²) in [6.07, 6.45) is -3.86. The fourth-order valence-electron chi connectivity index (χ4n) is 1.27. The van der Waals surface area contributed by atoms with Gasteiger partial charge < -0.3 is 5.32 Å². The standard InChI is InChI=1S/C11H15F3N2/c1-8(2)15-7-6-9-4-3-5-10(16-9)11(12,13)14/h3-5,8,15H,6-7H2,1-2H3. The van der Waals surface area contributed by atoms with Crippen LogP contribution in [0.5, 0.6) is 0 Å². The summed E-state index contributed by atoms with van der Waals surface area (Å²) in [5.74, 6) is 0. The zero-order valence-electron chi connectivity index (χ0n) is 9.30. The Bertz CT molecular complexity index is 334. The van der Waals surface area contributed by atoms with Crippen LogP contribution in [0, 0.1) is 0 Å². The van der Waals surface area contributed by atoms with Gasteiger partial charge in [-0.05, 0) is 12.1 Å². The SMILES string of the molecule is CC(C)NCCc1cccc(C(F)(F)F)n1. The van der Waals surface area contributed by atoms with Crippen LogP contribution in [0.25, 0.3) is 0 Å². The molecule has 0 aliphatic rings. The molecule has 0 aliphatic heterocycles. The van der Waals surface area contributed by atoms with E-state index in [1.54, 1.807) is 6.07 Å². The first kappa shape index (κ1) is 13.0. The summed E-state index contributed by atoms with van der Waals surface area (Å²) >= 11 is 0. The minimum absolute atomic E-state index is 0.325. The number of alkyl halides is 3. The summed E-state index contributed by atoms with van der Waals surface area (Å²) in [6.45, 7) is 4.60. The highest BCUT2D eigenvalue weighted by molar-refractivity contribution is 5.13. The van der Waals surface area contributed by atoms with E-state index in [4.69, 9.17) is 0 Å². The normalized spacial score (nSPS) is 12.1. The first-order valence-electron chi connectivity index (χ1n) is 5.16. The van der Waals surface area contributed by atoms with Crippen molar-refractivity contribution < 1.29 is 13.2 Å². The maximum absolute atomic E-state index is 12.3. The van der Waals surface area contributed by atoms with E-state index in [-0.39, 0.29) is 0 Å². The van der Waals surface area contributed by atoms with Crippen molar-refractivity contribution in [3.05, 3.63) is 29.6 Å². The van der Waals surface area contributed by atoms with Gasteiger partial charge in [-0.1, -0.05) is 19.9 Å². The molecule has 16 heavy (non-hydrogen) atoms. The first-order valence-corrected chi connectivity index (χ1v) is 5.16. The summed E-state index contributed by atoms with van der Waals surface area (Å²) in [5.41, 5.74) is -0.363. The van der Waals surface area contributed by atoms with Gasteiger partial charge >= 0.3 is 6.18 Å². The molecule has 0 bridgehead atoms. The minimum Gasteiger partial charge on any atom is -0.314 e. The van der Waals surface area contributed by atoms with E-state index in [1.807, 2.05) is 13.8 Å². The van der Waals surface area contributed by atoms with E-state index in [9.17, 15) is 13.2 Å². The number of rotatable bonds is 4. The van der Waals surface area contributed by atoms with Gasteiger partial charge in [0.1, 0.15) is 5.69 Å². The molecule has 0 radical (unpaired) electrons. The van der Waals surface area contributed by atoms with Gasteiger partial charge in [-0.2, -0.15) is 13.2 Å². The molecule has 2 nitrogen and oxygen atoms in total. The van der Waals surface area contributed by atoms with Crippen LogP contribution in [0.15, 0.2) is 18.2 Å². The number of pyridine rings is 1. The summed E-state index contributed by atoms with van der Waals surface area (Å²) in [6, 6.07) is 4.31. The monoisotopic (exact) mass is 232 g/mol. The van der Waals surface area contributed by atoms with Crippen LogP contribution in [-0.2, 0) is 12.6 Å². The lowest BCUT2D eigenvalue weighted by atomic mass is 10.2. The zero-order valence-corrected chi connectivity index (χ0v) is 9.30. The Morgan fingerprint density at radius 2 is 2.00 bits per heavy atom. The Kier molecular flexibility index (Phi) is 4.29. The van der Waals surface area contributed by atoms with Crippen molar-refractivity contribution in [2.24, 2.45) is 0 Å². The molecule has 1 heterocycles. The van der Waals surface area contributed by atoms with Crippen molar-refractivity contribution in [1.29, 1.82) is 0 Å². The van der Waals surface area contributed by atoms with Crippen molar-refractivity contribution in [1.82, 2.24) is 10.3 Å². The van der Waals surface area contributed by atoms with Gasteiger partial charge in [0.25, 0.3) is 0 Å². The quantitative estimate of drug-likeness (QED) is 0.863. The van der Waals surface area contributed by atoms with Crippen LogP contribution in [0.4, 0.5) is 13.2 Å².